The van der Waals surface area contributed by atoms with Crippen LogP contribution in [0.4, 0.5) is 0 Å². The standard InChI is InChI=1S/C20H17N3O3S/c21-20(24)18-10-4-2-1-3-7-13-27(25,26)14-19-16(11-12-22-18)15-8-5-6-9-17(15)23-19/h1-12,14H,13H2,(H2,21,24). The maximum atomic E-state index is 12.4. The molecule has 1 aromatic carbocycles. The van der Waals surface area contributed by atoms with Gasteiger partial charge in [-0.3, -0.25) is 9.79 Å². The van der Waals surface area contributed by atoms with E-state index in [0.717, 1.165) is 10.6 Å². The van der Waals surface area contributed by atoms with Gasteiger partial charge < -0.3 is 5.73 Å². The van der Waals surface area contributed by atoms with Crippen LogP contribution in [-0.4, -0.2) is 25.8 Å². The van der Waals surface area contributed by atoms with Gasteiger partial charge in [0.2, 0.25) is 0 Å². The van der Waals surface area contributed by atoms with E-state index in [1.165, 1.54) is 18.4 Å². The molecule has 0 fully saturated rings. The van der Waals surface area contributed by atoms with Gasteiger partial charge in [-0.2, -0.15) is 0 Å². The summed E-state index contributed by atoms with van der Waals surface area (Å²) < 4.78 is 24.8. The number of rotatable bonds is 1. The van der Waals surface area contributed by atoms with Crippen molar-refractivity contribution in [2.45, 2.75) is 0 Å². The zero-order valence-corrected chi connectivity index (χ0v) is 15.1. The molecule has 0 saturated carbocycles. The van der Waals surface area contributed by atoms with Crippen LogP contribution in [0.2, 0.25) is 0 Å². The molecule has 0 aliphatic carbocycles. The molecule has 2 aliphatic heterocycles. The molecular weight excluding hydrogens is 362 g/mol. The van der Waals surface area contributed by atoms with Crippen molar-refractivity contribution in [3.63, 3.8) is 0 Å². The monoisotopic (exact) mass is 379 g/mol. The zero-order valence-electron chi connectivity index (χ0n) is 14.3. The van der Waals surface area contributed by atoms with E-state index >= 15 is 0 Å². The van der Waals surface area contributed by atoms with Gasteiger partial charge in [0, 0.05) is 17.0 Å². The van der Waals surface area contributed by atoms with Crippen molar-refractivity contribution in [1.82, 2.24) is 0 Å². The number of nitrogens with zero attached hydrogens (tertiary/aromatic N) is 2. The number of benzene rings is 1. The first-order valence-corrected chi connectivity index (χ1v) is 9.85. The van der Waals surface area contributed by atoms with Gasteiger partial charge >= 0.3 is 0 Å². The Bertz CT molecular complexity index is 1180. The smallest absolute Gasteiger partial charge is 0.267 e. The van der Waals surface area contributed by atoms with Crippen molar-refractivity contribution < 1.29 is 13.2 Å². The number of carbonyl (C=O) groups excluding carboxylic acids is 1. The summed E-state index contributed by atoms with van der Waals surface area (Å²) in [4.78, 5) is 20.0. The molecule has 0 aromatic heterocycles. The molecule has 136 valence electrons. The van der Waals surface area contributed by atoms with Gasteiger partial charge in [-0.05, 0) is 18.2 Å². The van der Waals surface area contributed by atoms with Gasteiger partial charge in [-0.15, -0.1) is 0 Å². The molecule has 1 amide bonds. The zero-order chi connectivity index (χ0) is 19.3. The molecule has 2 aliphatic rings. The van der Waals surface area contributed by atoms with E-state index in [2.05, 4.69) is 9.98 Å². The number of hydrogen-bond donors (Lipinski definition) is 1. The Hall–Kier alpha value is -3.32. The highest BCUT2D eigenvalue weighted by Gasteiger charge is 2.15. The number of para-hydroxylation sites is 1. The number of aliphatic imine (C=N–C) groups is 1. The Balaban J connectivity index is 2.19. The Morgan fingerprint density at radius 1 is 1.04 bits per heavy atom. The quantitative estimate of drug-likeness (QED) is 0.782. The lowest BCUT2D eigenvalue weighted by molar-refractivity contribution is -0.111. The summed E-state index contributed by atoms with van der Waals surface area (Å²) >= 11 is 0. The van der Waals surface area contributed by atoms with Crippen molar-refractivity contribution in [1.29, 1.82) is 0 Å². The van der Waals surface area contributed by atoms with Gasteiger partial charge in [-0.25, -0.2) is 13.4 Å². The third-order valence-electron chi connectivity index (χ3n) is 3.76. The first-order valence-electron chi connectivity index (χ1n) is 8.13. The number of sulfone groups is 1. The topological polar surface area (TPSA) is 102 Å². The van der Waals surface area contributed by atoms with Crippen LogP contribution in [0.15, 0.2) is 94.1 Å². The molecule has 7 heteroatoms. The van der Waals surface area contributed by atoms with E-state index in [-0.39, 0.29) is 11.5 Å². The molecule has 0 spiro atoms. The Kier molecular flexibility index (Phi) is 5.42. The fourth-order valence-corrected chi connectivity index (χ4v) is 3.53. The lowest BCUT2D eigenvalue weighted by Gasteiger charge is -1.99. The van der Waals surface area contributed by atoms with E-state index in [9.17, 15) is 13.2 Å². The first-order chi connectivity index (χ1) is 13.0. The predicted octanol–water partition coefficient (Wildman–Crippen LogP) is 0.849. The third-order valence-corrected chi connectivity index (χ3v) is 5.00. The summed E-state index contributed by atoms with van der Waals surface area (Å²) in [5, 5.41) is 2.64. The molecule has 2 heterocycles. The van der Waals surface area contributed by atoms with Crippen LogP contribution < -0.4 is 16.3 Å². The minimum absolute atomic E-state index is 0.0803. The molecule has 0 bridgehead atoms. The van der Waals surface area contributed by atoms with Crippen LogP contribution in [0.25, 0.3) is 5.57 Å². The maximum absolute atomic E-state index is 12.4. The summed E-state index contributed by atoms with van der Waals surface area (Å²) in [6.07, 6.45) is 12.6. The van der Waals surface area contributed by atoms with Gasteiger partial charge in [0.25, 0.3) is 5.91 Å². The fourth-order valence-electron chi connectivity index (χ4n) is 2.53. The van der Waals surface area contributed by atoms with Crippen molar-refractivity contribution >= 4 is 27.0 Å². The van der Waals surface area contributed by atoms with Gasteiger partial charge in [0.1, 0.15) is 5.71 Å². The maximum Gasteiger partial charge on any atom is 0.267 e. The van der Waals surface area contributed by atoms with Gasteiger partial charge in [0.05, 0.1) is 22.2 Å². The molecule has 0 unspecified atom stereocenters. The molecule has 1 aromatic rings. The average Bonchev–Trinajstić information content (AvgIpc) is 2.94. The number of nitrogens with two attached hydrogens (primary N) is 1. The fraction of sp³-hybridized carbons (Fsp3) is 0.0500. The average molecular weight is 379 g/mol. The predicted molar refractivity (Wildman–Crippen MR) is 106 cm³/mol. The molecular formula is C20H17N3O3S. The molecule has 2 N–H and O–H groups in total. The number of primary amides is 1. The SMILES string of the molecule is NC(=O)C1=NC=CC2=c3ccccc3=NC2=CS(=O)(=O)CC=CC=CC=C1. The molecule has 27 heavy (non-hydrogen) atoms. The van der Waals surface area contributed by atoms with Crippen LogP contribution >= 0.6 is 0 Å². The molecule has 6 nitrogen and oxygen atoms in total. The molecule has 0 atom stereocenters. The normalized spacial score (nSPS) is 18.4. The third kappa shape index (κ3) is 4.65. The van der Waals surface area contributed by atoms with Crippen molar-refractivity contribution in [2.24, 2.45) is 15.7 Å². The van der Waals surface area contributed by atoms with Crippen molar-refractivity contribution in [3.8, 4) is 0 Å². The summed E-state index contributed by atoms with van der Waals surface area (Å²) in [6.45, 7) is 0. The van der Waals surface area contributed by atoms with E-state index in [0.29, 0.717) is 16.6 Å². The summed E-state index contributed by atoms with van der Waals surface area (Å²) in [6, 6.07) is 7.33. The van der Waals surface area contributed by atoms with E-state index in [1.54, 1.807) is 36.4 Å². The second kappa shape index (κ2) is 7.92. The van der Waals surface area contributed by atoms with Crippen LogP contribution in [0, 0.1) is 0 Å². The summed E-state index contributed by atoms with van der Waals surface area (Å²) in [7, 11) is -3.50. The van der Waals surface area contributed by atoms with E-state index < -0.39 is 15.7 Å². The highest BCUT2D eigenvalue weighted by molar-refractivity contribution is 7.94. The van der Waals surface area contributed by atoms with E-state index in [1.807, 2.05) is 18.2 Å². The van der Waals surface area contributed by atoms with Crippen LogP contribution in [0.5, 0.6) is 0 Å². The van der Waals surface area contributed by atoms with Crippen LogP contribution in [-0.2, 0) is 14.6 Å². The Morgan fingerprint density at radius 2 is 1.81 bits per heavy atom. The highest BCUT2D eigenvalue weighted by atomic mass is 32.2. The van der Waals surface area contributed by atoms with Crippen LogP contribution in [0.1, 0.15) is 0 Å². The summed E-state index contributed by atoms with van der Waals surface area (Å²) in [5.74, 6) is -0.805. The minimum atomic E-state index is -3.50. The van der Waals surface area contributed by atoms with Crippen molar-refractivity contribution in [2.75, 3.05) is 5.75 Å². The molecule has 0 saturated heterocycles. The van der Waals surface area contributed by atoms with Gasteiger partial charge in [-0.1, -0.05) is 48.6 Å². The number of fused-ring (bicyclic) bond motifs is 2. The second-order valence-electron chi connectivity index (χ2n) is 5.74. The lowest BCUT2D eigenvalue weighted by Crippen LogP contribution is -2.21. The molecule has 3 rings (SSSR count). The highest BCUT2D eigenvalue weighted by Crippen LogP contribution is 2.17. The van der Waals surface area contributed by atoms with Crippen LogP contribution in [0.3, 0.4) is 0 Å². The first kappa shape index (κ1) is 18.5. The number of hydrogen-bond acceptors (Lipinski definition) is 5. The van der Waals surface area contributed by atoms with E-state index in [4.69, 9.17) is 5.73 Å². The van der Waals surface area contributed by atoms with Gasteiger partial charge in [0.15, 0.2) is 9.84 Å². The minimum Gasteiger partial charge on any atom is -0.364 e. The molecule has 0 radical (unpaired) electrons. The number of amides is 1. The Morgan fingerprint density at radius 3 is 2.63 bits per heavy atom. The number of allylic oxidation sites excluding steroid dienone is 5. The Labute approximate surface area is 156 Å². The lowest BCUT2D eigenvalue weighted by atomic mass is 10.1. The summed E-state index contributed by atoms with van der Waals surface area (Å²) in [5.41, 5.74) is 6.36. The number of carbonyl (C=O) groups is 1. The second-order valence-corrected chi connectivity index (χ2v) is 7.64. The largest absolute Gasteiger partial charge is 0.364 e. The van der Waals surface area contributed by atoms with Crippen molar-refractivity contribution in [3.05, 3.63) is 94.7 Å².